The molecule has 0 aliphatic heterocycles. The highest BCUT2D eigenvalue weighted by Crippen LogP contribution is 2.29. The van der Waals surface area contributed by atoms with Crippen molar-refractivity contribution in [2.75, 3.05) is 30.3 Å². The highest BCUT2D eigenvalue weighted by Gasteiger charge is 2.16. The van der Waals surface area contributed by atoms with Gasteiger partial charge in [0.05, 0.1) is 15.1 Å². The average molecular weight is 421 g/mol. The molecule has 8 nitrogen and oxygen atoms in total. The van der Waals surface area contributed by atoms with Crippen LogP contribution in [0.2, 0.25) is 0 Å². The number of aromatic nitrogens is 1. The van der Waals surface area contributed by atoms with Gasteiger partial charge in [-0.3, -0.25) is 4.72 Å². The Labute approximate surface area is 167 Å². The molecule has 0 spiro atoms. The van der Waals surface area contributed by atoms with E-state index in [1.165, 1.54) is 23.5 Å². The number of hydrogen-bond donors (Lipinski definition) is 3. The molecular formula is C18H20N4O4S2. The predicted octanol–water partition coefficient (Wildman–Crippen LogP) is 3.26. The van der Waals surface area contributed by atoms with Crippen molar-refractivity contribution in [3.05, 3.63) is 48.5 Å². The first-order chi connectivity index (χ1) is 13.5. The van der Waals surface area contributed by atoms with Gasteiger partial charge in [-0.2, -0.15) is 0 Å². The van der Waals surface area contributed by atoms with Gasteiger partial charge in [-0.1, -0.05) is 29.5 Å². The predicted molar refractivity (Wildman–Crippen MR) is 110 cm³/mol. The molecule has 28 heavy (non-hydrogen) atoms. The molecule has 0 fully saturated rings. The van der Waals surface area contributed by atoms with Crippen molar-refractivity contribution in [1.29, 1.82) is 0 Å². The van der Waals surface area contributed by atoms with Crippen LogP contribution in [0.15, 0.2) is 53.4 Å². The smallest absolute Gasteiger partial charge is 0.319 e. The minimum absolute atomic E-state index is 0.168. The first-order valence-corrected chi connectivity index (χ1v) is 10.8. The van der Waals surface area contributed by atoms with Crippen molar-refractivity contribution in [2.45, 2.75) is 11.3 Å². The van der Waals surface area contributed by atoms with Crippen molar-refractivity contribution < 1.29 is 17.9 Å². The van der Waals surface area contributed by atoms with Crippen LogP contribution in [0, 0.1) is 0 Å². The summed E-state index contributed by atoms with van der Waals surface area (Å²) in [6.07, 6.45) is 0.725. The summed E-state index contributed by atoms with van der Waals surface area (Å²) in [5.74, 6) is 0. The number of ether oxygens (including phenoxy) is 1. The third-order valence-corrected chi connectivity index (χ3v) is 6.15. The van der Waals surface area contributed by atoms with Gasteiger partial charge < -0.3 is 15.4 Å². The van der Waals surface area contributed by atoms with E-state index in [2.05, 4.69) is 20.3 Å². The fourth-order valence-electron chi connectivity index (χ4n) is 2.41. The largest absolute Gasteiger partial charge is 0.385 e. The summed E-state index contributed by atoms with van der Waals surface area (Å²) in [6, 6.07) is 13.0. The van der Waals surface area contributed by atoms with Crippen molar-refractivity contribution in [2.24, 2.45) is 0 Å². The van der Waals surface area contributed by atoms with Crippen LogP contribution in [0.4, 0.5) is 15.6 Å². The molecule has 0 radical (unpaired) electrons. The number of nitrogens with one attached hydrogen (secondary N) is 3. The standard InChI is InChI=1S/C18H20N4O4S2/c1-26-11-5-10-19-17(23)20-13-8-9-15-16(12-13)27-18(21-15)22-28(24,25)14-6-3-2-4-7-14/h2-4,6-9,12H,5,10-11H2,1H3,(H,21,22)(H2,19,20,23). The molecule has 2 aromatic carbocycles. The maximum Gasteiger partial charge on any atom is 0.319 e. The number of thiazole rings is 1. The third kappa shape index (κ3) is 5.18. The number of sulfonamides is 1. The van der Waals surface area contributed by atoms with Gasteiger partial charge in [-0.05, 0) is 36.8 Å². The quantitative estimate of drug-likeness (QED) is 0.485. The average Bonchev–Trinajstić information content (AvgIpc) is 3.06. The van der Waals surface area contributed by atoms with Gasteiger partial charge in [0.2, 0.25) is 0 Å². The number of benzene rings is 2. The van der Waals surface area contributed by atoms with Gasteiger partial charge in [-0.15, -0.1) is 0 Å². The Morgan fingerprint density at radius 3 is 2.71 bits per heavy atom. The van der Waals surface area contributed by atoms with Gasteiger partial charge in [0.1, 0.15) is 0 Å². The normalized spacial score (nSPS) is 11.3. The van der Waals surface area contributed by atoms with E-state index >= 15 is 0 Å². The Morgan fingerprint density at radius 2 is 1.96 bits per heavy atom. The first kappa shape index (κ1) is 20.1. The van der Waals surface area contributed by atoms with Crippen LogP contribution in [-0.4, -0.2) is 39.7 Å². The fourth-order valence-corrected chi connectivity index (χ4v) is 4.57. The van der Waals surface area contributed by atoms with Crippen molar-refractivity contribution >= 4 is 48.4 Å². The number of nitrogens with zero attached hydrogens (tertiary/aromatic N) is 1. The van der Waals surface area contributed by atoms with Crippen molar-refractivity contribution in [3.8, 4) is 0 Å². The summed E-state index contributed by atoms with van der Waals surface area (Å²) < 4.78 is 33.0. The molecule has 0 bridgehead atoms. The van der Waals surface area contributed by atoms with Gasteiger partial charge in [0, 0.05) is 25.9 Å². The summed E-state index contributed by atoms with van der Waals surface area (Å²) in [7, 11) is -2.09. The Kier molecular flexibility index (Phi) is 6.45. The van der Waals surface area contributed by atoms with E-state index in [0.717, 1.165) is 11.1 Å². The molecule has 0 aliphatic rings. The van der Waals surface area contributed by atoms with E-state index in [4.69, 9.17) is 4.74 Å². The molecule has 0 unspecified atom stereocenters. The van der Waals surface area contributed by atoms with Crippen molar-refractivity contribution in [1.82, 2.24) is 10.3 Å². The van der Waals surface area contributed by atoms with Gasteiger partial charge in [0.25, 0.3) is 10.0 Å². The van der Waals surface area contributed by atoms with E-state index in [1.807, 2.05) is 0 Å². The second-order valence-electron chi connectivity index (χ2n) is 5.85. The number of urea groups is 1. The number of carbonyl (C=O) groups excluding carboxylic acids is 1. The monoisotopic (exact) mass is 420 g/mol. The summed E-state index contributed by atoms with van der Waals surface area (Å²) in [5, 5.41) is 5.74. The Hall–Kier alpha value is -2.69. The highest BCUT2D eigenvalue weighted by atomic mass is 32.2. The summed E-state index contributed by atoms with van der Waals surface area (Å²) >= 11 is 1.19. The van der Waals surface area contributed by atoms with Gasteiger partial charge in [0.15, 0.2) is 5.13 Å². The van der Waals surface area contributed by atoms with Crippen LogP contribution >= 0.6 is 11.3 Å². The molecule has 1 heterocycles. The first-order valence-electron chi connectivity index (χ1n) is 8.50. The Morgan fingerprint density at radius 1 is 1.18 bits per heavy atom. The molecule has 0 atom stereocenters. The Bertz CT molecular complexity index is 1050. The molecule has 0 saturated carbocycles. The Balaban J connectivity index is 1.68. The number of amides is 2. The number of methoxy groups -OCH3 is 1. The molecule has 3 aromatic rings. The highest BCUT2D eigenvalue weighted by molar-refractivity contribution is 7.93. The molecule has 10 heteroatoms. The van der Waals surface area contributed by atoms with Crippen molar-refractivity contribution in [3.63, 3.8) is 0 Å². The molecular weight excluding hydrogens is 400 g/mol. The lowest BCUT2D eigenvalue weighted by Gasteiger charge is -2.07. The topological polar surface area (TPSA) is 109 Å². The van der Waals surface area contributed by atoms with Crippen LogP contribution < -0.4 is 15.4 Å². The zero-order valence-electron chi connectivity index (χ0n) is 15.1. The van der Waals surface area contributed by atoms with E-state index in [0.29, 0.717) is 24.4 Å². The van der Waals surface area contributed by atoms with E-state index < -0.39 is 10.0 Å². The second kappa shape index (κ2) is 9.00. The number of anilines is 2. The van der Waals surface area contributed by atoms with Crippen LogP contribution in [-0.2, 0) is 14.8 Å². The lowest BCUT2D eigenvalue weighted by Crippen LogP contribution is -2.29. The minimum atomic E-state index is -3.70. The molecule has 0 aliphatic carbocycles. The van der Waals surface area contributed by atoms with Crippen LogP contribution in [0.3, 0.4) is 0 Å². The number of rotatable bonds is 8. The lowest BCUT2D eigenvalue weighted by molar-refractivity contribution is 0.194. The molecule has 148 valence electrons. The zero-order valence-corrected chi connectivity index (χ0v) is 16.8. The molecule has 0 saturated heterocycles. The summed E-state index contributed by atoms with van der Waals surface area (Å²) in [5.41, 5.74) is 1.24. The van der Waals surface area contributed by atoms with Gasteiger partial charge in [-0.25, -0.2) is 18.2 Å². The second-order valence-corrected chi connectivity index (χ2v) is 8.56. The molecule has 1 aromatic heterocycles. The maximum absolute atomic E-state index is 12.4. The van der Waals surface area contributed by atoms with Crippen LogP contribution in [0.5, 0.6) is 0 Å². The summed E-state index contributed by atoms with van der Waals surface area (Å²) in [4.78, 5) is 16.4. The number of carbonyl (C=O) groups is 1. The van der Waals surface area contributed by atoms with Crippen LogP contribution in [0.1, 0.15) is 6.42 Å². The van der Waals surface area contributed by atoms with Gasteiger partial charge >= 0.3 is 6.03 Å². The SMILES string of the molecule is COCCCNC(=O)Nc1ccc2nc(NS(=O)(=O)c3ccccc3)sc2c1. The molecule has 2 amide bonds. The lowest BCUT2D eigenvalue weighted by atomic mass is 10.3. The van der Waals surface area contributed by atoms with E-state index in [-0.39, 0.29) is 16.1 Å². The molecule has 3 N–H and O–H groups in total. The number of hydrogen-bond acceptors (Lipinski definition) is 6. The van der Waals surface area contributed by atoms with E-state index in [1.54, 1.807) is 43.5 Å². The zero-order chi connectivity index (χ0) is 20.0. The van der Waals surface area contributed by atoms with E-state index in [9.17, 15) is 13.2 Å². The maximum atomic E-state index is 12.4. The van der Waals surface area contributed by atoms with Crippen LogP contribution in [0.25, 0.3) is 10.2 Å². The minimum Gasteiger partial charge on any atom is -0.385 e. The summed E-state index contributed by atoms with van der Waals surface area (Å²) in [6.45, 7) is 1.09. The molecule has 3 rings (SSSR count). The fraction of sp³-hybridized carbons (Fsp3) is 0.222. The number of fused-ring (bicyclic) bond motifs is 1. The third-order valence-electron chi connectivity index (χ3n) is 3.73.